The molecule has 2 heteroatoms. The summed E-state index contributed by atoms with van der Waals surface area (Å²) in [5, 5.41) is 3.75. The Morgan fingerprint density at radius 2 is 1.81 bits per heavy atom. The molecule has 1 saturated carbocycles. The van der Waals surface area contributed by atoms with E-state index in [0.717, 1.165) is 18.2 Å². The van der Waals surface area contributed by atoms with Crippen molar-refractivity contribution in [3.8, 4) is 5.75 Å². The zero-order chi connectivity index (χ0) is 15.1. The van der Waals surface area contributed by atoms with E-state index in [1.165, 1.54) is 56.1 Å². The van der Waals surface area contributed by atoms with Crippen LogP contribution in [-0.2, 0) is 0 Å². The molecule has 0 aliphatic heterocycles. The molecule has 1 atom stereocenters. The number of rotatable bonds is 5. The Hall–Kier alpha value is -1.02. The van der Waals surface area contributed by atoms with Crippen molar-refractivity contribution in [3.05, 3.63) is 29.3 Å². The topological polar surface area (TPSA) is 21.3 Å². The molecular formula is C19H31NO. The van der Waals surface area contributed by atoms with E-state index in [-0.39, 0.29) is 0 Å². The molecule has 0 radical (unpaired) electrons. The van der Waals surface area contributed by atoms with Crippen molar-refractivity contribution < 1.29 is 4.74 Å². The molecule has 0 spiro atoms. The summed E-state index contributed by atoms with van der Waals surface area (Å²) < 4.78 is 5.35. The van der Waals surface area contributed by atoms with Crippen molar-refractivity contribution in [3.63, 3.8) is 0 Å². The maximum absolute atomic E-state index is 5.35. The van der Waals surface area contributed by atoms with E-state index in [1.807, 2.05) is 0 Å². The highest BCUT2D eigenvalue weighted by atomic mass is 16.5. The first-order valence-corrected chi connectivity index (χ1v) is 8.64. The van der Waals surface area contributed by atoms with Crippen LogP contribution >= 0.6 is 0 Å². The Morgan fingerprint density at radius 1 is 1.14 bits per heavy atom. The second kappa shape index (κ2) is 8.43. The summed E-state index contributed by atoms with van der Waals surface area (Å²) in [6, 6.07) is 7.04. The normalized spacial score (nSPS) is 18.8. The molecule has 0 aromatic heterocycles. The molecule has 118 valence electrons. The smallest absolute Gasteiger partial charge is 0.119 e. The Labute approximate surface area is 130 Å². The second-order valence-electron chi connectivity index (χ2n) is 6.36. The summed E-state index contributed by atoms with van der Waals surface area (Å²) in [6.07, 6.45) is 9.77. The summed E-state index contributed by atoms with van der Waals surface area (Å²) in [7, 11) is 1.74. The second-order valence-corrected chi connectivity index (χ2v) is 6.36. The van der Waals surface area contributed by atoms with Gasteiger partial charge < -0.3 is 10.1 Å². The first kappa shape index (κ1) is 16.4. The molecule has 1 aromatic carbocycles. The van der Waals surface area contributed by atoms with E-state index < -0.39 is 0 Å². The molecule has 2 nitrogen and oxygen atoms in total. The van der Waals surface area contributed by atoms with E-state index in [1.54, 1.807) is 7.11 Å². The van der Waals surface area contributed by atoms with Gasteiger partial charge in [0.1, 0.15) is 5.75 Å². The highest BCUT2D eigenvalue weighted by Gasteiger charge is 2.24. The summed E-state index contributed by atoms with van der Waals surface area (Å²) in [4.78, 5) is 0. The first-order chi connectivity index (χ1) is 10.3. The van der Waals surface area contributed by atoms with Gasteiger partial charge in [-0.3, -0.25) is 0 Å². The van der Waals surface area contributed by atoms with Crippen LogP contribution in [0.1, 0.15) is 69.0 Å². The minimum absolute atomic E-state index is 0.499. The molecule has 1 unspecified atom stereocenters. The molecule has 0 saturated heterocycles. The maximum Gasteiger partial charge on any atom is 0.119 e. The van der Waals surface area contributed by atoms with Gasteiger partial charge in [0.25, 0.3) is 0 Å². The number of hydrogen-bond acceptors (Lipinski definition) is 2. The number of ether oxygens (including phenoxy) is 1. The highest BCUT2D eigenvalue weighted by Crippen LogP contribution is 2.35. The molecule has 1 N–H and O–H groups in total. The standard InChI is InChI=1S/C19H31NO/c1-4-20-19(16-10-8-6-5-7-9-11-16)18-13-12-17(21-3)14-15(18)2/h12-14,16,19-20H,4-11H2,1-3H3. The highest BCUT2D eigenvalue weighted by molar-refractivity contribution is 5.37. The van der Waals surface area contributed by atoms with Crippen LogP contribution in [0.2, 0.25) is 0 Å². The molecule has 0 amide bonds. The van der Waals surface area contributed by atoms with Crippen molar-refractivity contribution in [2.75, 3.05) is 13.7 Å². The average Bonchev–Trinajstić information content (AvgIpc) is 2.45. The molecule has 0 heterocycles. The molecule has 1 aliphatic carbocycles. The van der Waals surface area contributed by atoms with Crippen LogP contribution < -0.4 is 10.1 Å². The first-order valence-electron chi connectivity index (χ1n) is 8.64. The quantitative estimate of drug-likeness (QED) is 0.822. The van der Waals surface area contributed by atoms with Gasteiger partial charge in [0.15, 0.2) is 0 Å². The van der Waals surface area contributed by atoms with Gasteiger partial charge in [0.05, 0.1) is 7.11 Å². The lowest BCUT2D eigenvalue weighted by molar-refractivity contribution is 0.290. The molecule has 1 fully saturated rings. The van der Waals surface area contributed by atoms with Crippen LogP contribution in [-0.4, -0.2) is 13.7 Å². The van der Waals surface area contributed by atoms with E-state index in [4.69, 9.17) is 4.74 Å². The Balaban J connectivity index is 2.20. The van der Waals surface area contributed by atoms with E-state index in [0.29, 0.717) is 6.04 Å². The lowest BCUT2D eigenvalue weighted by Crippen LogP contribution is -2.29. The van der Waals surface area contributed by atoms with Crippen LogP contribution in [0.15, 0.2) is 18.2 Å². The van der Waals surface area contributed by atoms with Crippen LogP contribution in [0.3, 0.4) is 0 Å². The van der Waals surface area contributed by atoms with Crippen LogP contribution in [0.5, 0.6) is 5.75 Å². The monoisotopic (exact) mass is 289 g/mol. The number of aryl methyl sites for hydroxylation is 1. The third-order valence-corrected chi connectivity index (χ3v) is 4.86. The summed E-state index contributed by atoms with van der Waals surface area (Å²) in [6.45, 7) is 5.46. The van der Waals surface area contributed by atoms with E-state index in [2.05, 4.69) is 37.4 Å². The minimum atomic E-state index is 0.499. The molecule has 21 heavy (non-hydrogen) atoms. The fourth-order valence-electron chi connectivity index (χ4n) is 3.70. The van der Waals surface area contributed by atoms with Gasteiger partial charge in [-0.25, -0.2) is 0 Å². The van der Waals surface area contributed by atoms with Crippen LogP contribution in [0.4, 0.5) is 0 Å². The van der Waals surface area contributed by atoms with Crippen LogP contribution in [0.25, 0.3) is 0 Å². The summed E-state index contributed by atoms with van der Waals surface area (Å²) in [5.74, 6) is 1.74. The number of methoxy groups -OCH3 is 1. The van der Waals surface area contributed by atoms with Crippen molar-refractivity contribution in [1.82, 2.24) is 5.32 Å². The lowest BCUT2D eigenvalue weighted by atomic mass is 9.81. The predicted octanol–water partition coefficient (Wildman–Crippen LogP) is 5.01. The van der Waals surface area contributed by atoms with Gasteiger partial charge in [0.2, 0.25) is 0 Å². The molecule has 2 rings (SSSR count). The molecule has 1 aliphatic rings. The number of hydrogen-bond donors (Lipinski definition) is 1. The Bertz CT molecular complexity index is 422. The maximum atomic E-state index is 5.35. The van der Waals surface area contributed by atoms with Crippen molar-refractivity contribution in [2.45, 2.75) is 64.8 Å². The van der Waals surface area contributed by atoms with E-state index in [9.17, 15) is 0 Å². The van der Waals surface area contributed by atoms with Gasteiger partial charge in [0, 0.05) is 6.04 Å². The van der Waals surface area contributed by atoms with Gasteiger partial charge >= 0.3 is 0 Å². The molecular weight excluding hydrogens is 258 g/mol. The van der Waals surface area contributed by atoms with Gasteiger partial charge in [-0.15, -0.1) is 0 Å². The molecule has 0 bridgehead atoms. The van der Waals surface area contributed by atoms with E-state index >= 15 is 0 Å². The third-order valence-electron chi connectivity index (χ3n) is 4.86. The van der Waals surface area contributed by atoms with Crippen molar-refractivity contribution in [1.29, 1.82) is 0 Å². The Kier molecular flexibility index (Phi) is 6.56. The Morgan fingerprint density at radius 3 is 2.38 bits per heavy atom. The number of benzene rings is 1. The third kappa shape index (κ3) is 4.47. The zero-order valence-corrected chi connectivity index (χ0v) is 14.0. The zero-order valence-electron chi connectivity index (χ0n) is 14.0. The SMILES string of the molecule is CCNC(c1ccc(OC)cc1C)C1CCCCCCC1. The fraction of sp³-hybridized carbons (Fsp3) is 0.684. The van der Waals surface area contributed by atoms with Gasteiger partial charge in [-0.05, 0) is 55.5 Å². The van der Waals surface area contributed by atoms with Gasteiger partial charge in [-0.2, -0.15) is 0 Å². The molecule has 1 aromatic rings. The lowest BCUT2D eigenvalue weighted by Gasteiger charge is -2.31. The van der Waals surface area contributed by atoms with Crippen molar-refractivity contribution in [2.24, 2.45) is 5.92 Å². The minimum Gasteiger partial charge on any atom is -0.497 e. The van der Waals surface area contributed by atoms with Crippen LogP contribution in [0, 0.1) is 12.8 Å². The average molecular weight is 289 g/mol. The summed E-state index contributed by atoms with van der Waals surface area (Å²) >= 11 is 0. The van der Waals surface area contributed by atoms with Gasteiger partial charge in [-0.1, -0.05) is 45.1 Å². The number of nitrogens with one attached hydrogen (secondary N) is 1. The largest absolute Gasteiger partial charge is 0.497 e. The van der Waals surface area contributed by atoms with Crippen molar-refractivity contribution >= 4 is 0 Å². The summed E-state index contributed by atoms with van der Waals surface area (Å²) in [5.41, 5.74) is 2.81. The fourth-order valence-corrected chi connectivity index (χ4v) is 3.70. The predicted molar refractivity (Wildman–Crippen MR) is 90.0 cm³/mol.